The van der Waals surface area contributed by atoms with Crippen molar-refractivity contribution in [1.82, 2.24) is 9.88 Å². The minimum atomic E-state index is -5.08. The van der Waals surface area contributed by atoms with Gasteiger partial charge < -0.3 is 25.5 Å². The number of carboxylic acids is 1. The number of carboxylic acid groups (broad SMARTS) is 1. The first-order valence-corrected chi connectivity index (χ1v) is 13.5. The molecule has 12 heteroatoms. The summed E-state index contributed by atoms with van der Waals surface area (Å²) in [6.07, 6.45) is 0.604. The number of nitrogens with zero attached hydrogens (tertiary/aromatic N) is 4. The highest BCUT2D eigenvalue weighted by atomic mass is 19.4. The summed E-state index contributed by atoms with van der Waals surface area (Å²) in [4.78, 5) is 45.8. The lowest BCUT2D eigenvalue weighted by molar-refractivity contribution is -0.192. The Morgan fingerprint density at radius 3 is 2.29 bits per heavy atom. The van der Waals surface area contributed by atoms with Gasteiger partial charge in [-0.2, -0.15) is 13.2 Å². The lowest BCUT2D eigenvalue weighted by Crippen LogP contribution is -2.44. The quantitative estimate of drug-likeness (QED) is 0.465. The molecular formula is C30H32F3N5O4. The van der Waals surface area contributed by atoms with Gasteiger partial charge in [-0.1, -0.05) is 30.3 Å². The maximum Gasteiger partial charge on any atom is 0.490 e. The van der Waals surface area contributed by atoms with E-state index in [-0.39, 0.29) is 18.4 Å². The molecule has 222 valence electrons. The van der Waals surface area contributed by atoms with Crippen molar-refractivity contribution in [3.63, 3.8) is 0 Å². The predicted octanol–water partition coefficient (Wildman–Crippen LogP) is 4.08. The van der Waals surface area contributed by atoms with Crippen LogP contribution in [0.5, 0.6) is 0 Å². The first-order chi connectivity index (χ1) is 20.1. The van der Waals surface area contributed by atoms with E-state index >= 15 is 0 Å². The first kappa shape index (κ1) is 30.5. The Morgan fingerprint density at radius 1 is 0.976 bits per heavy atom. The summed E-state index contributed by atoms with van der Waals surface area (Å²) in [6.45, 7) is 3.43. The SMILES string of the molecule is NCc1cccc(C(=O)N2CC(=O)N(CC3CCN(c4ccncc4)CC3)c3ccccc3C2)c1.O=C(O)C(F)(F)F. The molecule has 2 aromatic carbocycles. The summed E-state index contributed by atoms with van der Waals surface area (Å²) in [6, 6.07) is 19.4. The number of halogens is 3. The third-order valence-electron chi connectivity index (χ3n) is 7.29. The van der Waals surface area contributed by atoms with E-state index in [1.165, 1.54) is 5.69 Å². The standard InChI is InChI=1S/C28H31N5O2.C2HF3O2/c29-17-22-4-3-6-23(16-22)28(35)32-19-24-5-1-2-7-26(24)33(27(34)20-32)18-21-10-14-31(15-11-21)25-8-12-30-13-9-25;3-2(4,5)1(6)7/h1-9,12-13,16,21H,10-11,14-15,17-20,29H2;(H,6,7). The van der Waals surface area contributed by atoms with Crippen molar-refractivity contribution in [1.29, 1.82) is 0 Å². The highest BCUT2D eigenvalue weighted by Crippen LogP contribution is 2.30. The predicted molar refractivity (Wildman–Crippen MR) is 151 cm³/mol. The summed E-state index contributed by atoms with van der Waals surface area (Å²) in [7, 11) is 0. The zero-order valence-electron chi connectivity index (χ0n) is 22.8. The molecule has 1 saturated heterocycles. The van der Waals surface area contributed by atoms with Gasteiger partial charge in [0.25, 0.3) is 5.91 Å². The lowest BCUT2D eigenvalue weighted by Gasteiger charge is -2.36. The van der Waals surface area contributed by atoms with E-state index in [0.717, 1.165) is 42.7 Å². The fourth-order valence-electron chi connectivity index (χ4n) is 5.10. The number of aliphatic carboxylic acids is 1. The van der Waals surface area contributed by atoms with Crippen molar-refractivity contribution in [2.75, 3.05) is 36.0 Å². The molecule has 0 atom stereocenters. The smallest absolute Gasteiger partial charge is 0.475 e. The van der Waals surface area contributed by atoms with Crippen LogP contribution in [-0.2, 0) is 22.7 Å². The normalized spacial score (nSPS) is 15.8. The maximum atomic E-state index is 13.5. The van der Waals surface area contributed by atoms with Crippen LogP contribution < -0.4 is 15.5 Å². The van der Waals surface area contributed by atoms with Gasteiger partial charge in [-0.05, 0) is 60.2 Å². The lowest BCUT2D eigenvalue weighted by atomic mass is 9.95. The van der Waals surface area contributed by atoms with E-state index in [9.17, 15) is 22.8 Å². The number of fused-ring (bicyclic) bond motifs is 1. The molecule has 3 N–H and O–H groups in total. The second-order valence-electron chi connectivity index (χ2n) is 10.1. The van der Waals surface area contributed by atoms with Crippen LogP contribution in [0.2, 0.25) is 0 Å². The van der Waals surface area contributed by atoms with Gasteiger partial charge in [0.1, 0.15) is 6.54 Å². The molecular weight excluding hydrogens is 551 g/mol. The largest absolute Gasteiger partial charge is 0.490 e. The van der Waals surface area contributed by atoms with Gasteiger partial charge in [-0.25, -0.2) is 4.79 Å². The maximum absolute atomic E-state index is 13.5. The molecule has 0 spiro atoms. The van der Waals surface area contributed by atoms with Crippen LogP contribution in [0.25, 0.3) is 0 Å². The zero-order valence-corrected chi connectivity index (χ0v) is 22.8. The summed E-state index contributed by atoms with van der Waals surface area (Å²) in [5.74, 6) is -2.52. The monoisotopic (exact) mass is 583 g/mol. The third kappa shape index (κ3) is 7.64. The number of anilines is 2. The van der Waals surface area contributed by atoms with Gasteiger partial charge in [-0.3, -0.25) is 14.6 Å². The number of amides is 2. The fraction of sp³-hybridized carbons (Fsp3) is 0.333. The molecule has 5 rings (SSSR count). The first-order valence-electron chi connectivity index (χ1n) is 13.5. The van der Waals surface area contributed by atoms with Crippen molar-refractivity contribution in [2.45, 2.75) is 32.1 Å². The van der Waals surface area contributed by atoms with Crippen molar-refractivity contribution in [3.8, 4) is 0 Å². The molecule has 0 radical (unpaired) electrons. The van der Waals surface area contributed by atoms with Crippen LogP contribution in [0.4, 0.5) is 24.5 Å². The van der Waals surface area contributed by atoms with E-state index in [4.69, 9.17) is 15.6 Å². The molecule has 1 fully saturated rings. The van der Waals surface area contributed by atoms with E-state index in [1.54, 1.807) is 11.0 Å². The molecule has 3 aromatic rings. The van der Waals surface area contributed by atoms with Crippen LogP contribution in [0.1, 0.15) is 34.3 Å². The van der Waals surface area contributed by atoms with E-state index in [1.807, 2.05) is 71.9 Å². The molecule has 3 heterocycles. The zero-order chi connectivity index (χ0) is 30.3. The minimum Gasteiger partial charge on any atom is -0.475 e. The second kappa shape index (κ2) is 13.5. The summed E-state index contributed by atoms with van der Waals surface area (Å²) in [5.41, 5.74) is 10.3. The molecule has 0 aliphatic carbocycles. The molecule has 2 aliphatic heterocycles. The number of rotatable bonds is 5. The van der Waals surface area contributed by atoms with E-state index < -0.39 is 12.1 Å². The average Bonchev–Trinajstić information content (AvgIpc) is 3.13. The van der Waals surface area contributed by atoms with E-state index in [2.05, 4.69) is 9.88 Å². The molecule has 1 aromatic heterocycles. The van der Waals surface area contributed by atoms with Crippen molar-refractivity contribution < 1.29 is 32.7 Å². The number of hydrogen-bond donors (Lipinski definition) is 2. The summed E-state index contributed by atoms with van der Waals surface area (Å²) >= 11 is 0. The minimum absolute atomic E-state index is 0.0326. The number of carbonyl (C=O) groups is 3. The highest BCUT2D eigenvalue weighted by Gasteiger charge is 2.38. The van der Waals surface area contributed by atoms with Gasteiger partial charge >= 0.3 is 12.1 Å². The van der Waals surface area contributed by atoms with E-state index in [0.29, 0.717) is 31.1 Å². The molecule has 42 heavy (non-hydrogen) atoms. The Hall–Kier alpha value is -4.45. The van der Waals surface area contributed by atoms with Crippen LogP contribution in [0.3, 0.4) is 0 Å². The van der Waals surface area contributed by atoms with Gasteiger partial charge in [0.2, 0.25) is 5.91 Å². The average molecular weight is 584 g/mol. The molecule has 2 aliphatic rings. The molecule has 0 saturated carbocycles. The summed E-state index contributed by atoms with van der Waals surface area (Å²) in [5, 5.41) is 7.12. The Labute approximate surface area is 241 Å². The number of para-hydroxylation sites is 1. The van der Waals surface area contributed by atoms with Crippen molar-refractivity contribution in [3.05, 3.63) is 89.7 Å². The molecule has 0 unspecified atom stereocenters. The van der Waals surface area contributed by atoms with Crippen molar-refractivity contribution in [2.24, 2.45) is 11.7 Å². The number of piperidine rings is 1. The van der Waals surface area contributed by atoms with Gasteiger partial charge in [-0.15, -0.1) is 0 Å². The fourth-order valence-corrected chi connectivity index (χ4v) is 5.10. The van der Waals surface area contributed by atoms with Gasteiger partial charge in [0.05, 0.1) is 0 Å². The summed E-state index contributed by atoms with van der Waals surface area (Å²) < 4.78 is 31.7. The van der Waals surface area contributed by atoms with Crippen LogP contribution in [0.15, 0.2) is 73.1 Å². The topological polar surface area (TPSA) is 120 Å². The number of carbonyl (C=O) groups excluding carboxylic acids is 2. The Balaban J connectivity index is 0.000000517. The molecule has 2 amide bonds. The number of nitrogens with two attached hydrogens (primary N) is 1. The van der Waals surface area contributed by atoms with Crippen LogP contribution in [0, 0.1) is 5.92 Å². The van der Waals surface area contributed by atoms with Gasteiger partial charge in [0, 0.05) is 62.1 Å². The Morgan fingerprint density at radius 2 is 1.64 bits per heavy atom. The third-order valence-corrected chi connectivity index (χ3v) is 7.29. The van der Waals surface area contributed by atoms with Crippen molar-refractivity contribution >= 4 is 29.2 Å². The Bertz CT molecular complexity index is 1390. The number of aromatic nitrogens is 1. The number of hydrogen-bond acceptors (Lipinski definition) is 6. The Kier molecular flexibility index (Phi) is 9.79. The number of alkyl halides is 3. The number of benzene rings is 2. The van der Waals surface area contributed by atoms with Gasteiger partial charge in [0.15, 0.2) is 0 Å². The van der Waals surface area contributed by atoms with Crippen LogP contribution >= 0.6 is 0 Å². The molecule has 9 nitrogen and oxygen atoms in total. The number of pyridine rings is 1. The molecule has 0 bridgehead atoms. The highest BCUT2D eigenvalue weighted by molar-refractivity contribution is 6.02. The second-order valence-corrected chi connectivity index (χ2v) is 10.1. The van der Waals surface area contributed by atoms with Crippen LogP contribution in [-0.4, -0.2) is 65.1 Å².